The molecule has 2 aromatic rings. The van der Waals surface area contributed by atoms with Crippen LogP contribution in [0.5, 0.6) is 0 Å². The van der Waals surface area contributed by atoms with Gasteiger partial charge in [-0.25, -0.2) is 0 Å². The predicted octanol–water partition coefficient (Wildman–Crippen LogP) is 1.95. The van der Waals surface area contributed by atoms with Crippen LogP contribution in [0.25, 0.3) is 0 Å². The molecule has 1 aromatic carbocycles. The van der Waals surface area contributed by atoms with Crippen molar-refractivity contribution in [3.8, 4) is 0 Å². The van der Waals surface area contributed by atoms with Crippen LogP contribution in [-0.4, -0.2) is 9.97 Å². The molecule has 2 rings (SSSR count). The Kier molecular flexibility index (Phi) is 3.05. The fourth-order valence-corrected chi connectivity index (χ4v) is 1.33. The van der Waals surface area contributed by atoms with Gasteiger partial charge >= 0.3 is 0 Å². The molecule has 0 aliphatic rings. The van der Waals surface area contributed by atoms with Crippen molar-refractivity contribution < 1.29 is 0 Å². The van der Waals surface area contributed by atoms with Gasteiger partial charge in [0, 0.05) is 0 Å². The van der Waals surface area contributed by atoms with Gasteiger partial charge in [0.15, 0.2) is 17.3 Å². The molecule has 0 unspecified atom stereocenters. The lowest BCUT2D eigenvalue weighted by molar-refractivity contribution is 1.15. The predicted molar refractivity (Wildman–Crippen MR) is 70.6 cm³/mol. The van der Waals surface area contributed by atoms with Crippen molar-refractivity contribution in [1.29, 1.82) is 0 Å². The zero-order valence-electron chi connectivity index (χ0n) is 9.83. The molecule has 0 amide bonds. The van der Waals surface area contributed by atoms with Crippen LogP contribution in [0.2, 0.25) is 0 Å². The van der Waals surface area contributed by atoms with E-state index in [-0.39, 0.29) is 23.3 Å². The van der Waals surface area contributed by atoms with Crippen LogP contribution in [0.4, 0.5) is 29.0 Å². The average molecular weight is 243 g/mol. The highest BCUT2D eigenvalue weighted by Gasteiger charge is 2.07. The van der Waals surface area contributed by atoms with E-state index in [1.54, 1.807) is 0 Å². The second kappa shape index (κ2) is 4.66. The van der Waals surface area contributed by atoms with Gasteiger partial charge < -0.3 is 17.2 Å². The van der Waals surface area contributed by atoms with E-state index >= 15 is 0 Å². The highest BCUT2D eigenvalue weighted by molar-refractivity contribution is 5.71. The van der Waals surface area contributed by atoms with Crippen LogP contribution in [-0.2, 0) is 0 Å². The minimum Gasteiger partial charge on any atom is -0.382 e. The standard InChI is InChI=1S/C11H13N7/c1-6-2-4-7(5-3-6)17-18-8-9(12)15-11(14)16-10(8)13/h2-5H,1H3,(H6,12,13,14,15,16). The highest BCUT2D eigenvalue weighted by atomic mass is 15.2. The summed E-state index contributed by atoms with van der Waals surface area (Å²) in [6, 6.07) is 7.54. The number of nitrogens with two attached hydrogens (primary N) is 3. The van der Waals surface area contributed by atoms with Gasteiger partial charge in [0.2, 0.25) is 5.95 Å². The molecule has 18 heavy (non-hydrogen) atoms. The van der Waals surface area contributed by atoms with Crippen LogP contribution in [0, 0.1) is 6.92 Å². The molecule has 0 aliphatic carbocycles. The Bertz CT molecular complexity index is 566. The third-order valence-electron chi connectivity index (χ3n) is 2.25. The van der Waals surface area contributed by atoms with E-state index in [0.717, 1.165) is 5.56 Å². The summed E-state index contributed by atoms with van der Waals surface area (Å²) >= 11 is 0. The Morgan fingerprint density at radius 2 is 1.44 bits per heavy atom. The number of rotatable bonds is 2. The molecular weight excluding hydrogens is 230 g/mol. The number of nitrogen functional groups attached to an aromatic ring is 3. The monoisotopic (exact) mass is 243 g/mol. The highest BCUT2D eigenvalue weighted by Crippen LogP contribution is 2.28. The average Bonchev–Trinajstić information content (AvgIpc) is 2.30. The number of nitrogens with zero attached hydrogens (tertiary/aromatic N) is 4. The number of hydrogen-bond donors (Lipinski definition) is 3. The van der Waals surface area contributed by atoms with Crippen molar-refractivity contribution in [3.05, 3.63) is 29.8 Å². The van der Waals surface area contributed by atoms with E-state index in [2.05, 4.69) is 20.2 Å². The molecule has 7 heteroatoms. The maximum Gasteiger partial charge on any atom is 0.224 e. The maximum atomic E-state index is 5.65. The van der Waals surface area contributed by atoms with Gasteiger partial charge in [-0.2, -0.15) is 15.1 Å². The molecule has 0 saturated carbocycles. The number of azo groups is 1. The lowest BCUT2D eigenvalue weighted by Crippen LogP contribution is -2.03. The Balaban J connectivity index is 2.31. The zero-order valence-corrected chi connectivity index (χ0v) is 9.83. The fraction of sp³-hybridized carbons (Fsp3) is 0.0909. The van der Waals surface area contributed by atoms with Gasteiger partial charge in [-0.3, -0.25) is 0 Å². The van der Waals surface area contributed by atoms with Gasteiger partial charge in [0.1, 0.15) is 0 Å². The van der Waals surface area contributed by atoms with Crippen LogP contribution >= 0.6 is 0 Å². The van der Waals surface area contributed by atoms with E-state index in [1.165, 1.54) is 0 Å². The molecule has 0 bridgehead atoms. The summed E-state index contributed by atoms with van der Waals surface area (Å²) in [6.45, 7) is 1.99. The molecule has 0 radical (unpaired) electrons. The third-order valence-corrected chi connectivity index (χ3v) is 2.25. The Hall–Kier alpha value is -2.70. The molecule has 1 heterocycles. The van der Waals surface area contributed by atoms with Gasteiger partial charge in [0.25, 0.3) is 0 Å². The summed E-state index contributed by atoms with van der Waals surface area (Å²) in [4.78, 5) is 7.54. The van der Waals surface area contributed by atoms with E-state index < -0.39 is 0 Å². The summed E-state index contributed by atoms with van der Waals surface area (Å²) in [5, 5.41) is 7.95. The zero-order chi connectivity index (χ0) is 13.1. The Labute approximate surface area is 104 Å². The molecule has 0 spiro atoms. The van der Waals surface area contributed by atoms with Crippen molar-refractivity contribution in [1.82, 2.24) is 9.97 Å². The second-order valence-electron chi connectivity index (χ2n) is 3.74. The second-order valence-corrected chi connectivity index (χ2v) is 3.74. The molecule has 0 atom stereocenters. The topological polar surface area (TPSA) is 129 Å². The minimum atomic E-state index is 0.0132. The number of aryl methyl sites for hydroxylation is 1. The quantitative estimate of drug-likeness (QED) is 0.694. The third kappa shape index (κ3) is 2.51. The summed E-state index contributed by atoms with van der Waals surface area (Å²) < 4.78 is 0. The van der Waals surface area contributed by atoms with Gasteiger partial charge in [-0.15, -0.1) is 5.11 Å². The first-order chi connectivity index (χ1) is 8.56. The largest absolute Gasteiger partial charge is 0.382 e. The van der Waals surface area contributed by atoms with Crippen molar-refractivity contribution in [3.63, 3.8) is 0 Å². The molecule has 0 fully saturated rings. The molecule has 92 valence electrons. The van der Waals surface area contributed by atoms with E-state index in [1.807, 2.05) is 31.2 Å². The van der Waals surface area contributed by atoms with Crippen molar-refractivity contribution >= 4 is 29.0 Å². The molecule has 0 aliphatic heterocycles. The number of hydrogen-bond acceptors (Lipinski definition) is 7. The van der Waals surface area contributed by atoms with Crippen LogP contribution in [0.1, 0.15) is 5.56 Å². The summed E-state index contributed by atoms with van der Waals surface area (Å²) in [7, 11) is 0. The first kappa shape index (κ1) is 11.8. The van der Waals surface area contributed by atoms with Gasteiger partial charge in [0.05, 0.1) is 5.69 Å². The van der Waals surface area contributed by atoms with Crippen molar-refractivity contribution in [2.45, 2.75) is 6.92 Å². The normalized spacial score (nSPS) is 10.9. The molecule has 6 N–H and O–H groups in total. The van der Waals surface area contributed by atoms with Crippen LogP contribution < -0.4 is 17.2 Å². The Morgan fingerprint density at radius 1 is 0.889 bits per heavy atom. The van der Waals surface area contributed by atoms with Crippen LogP contribution in [0.3, 0.4) is 0 Å². The first-order valence-electron chi connectivity index (χ1n) is 5.23. The van der Waals surface area contributed by atoms with Crippen molar-refractivity contribution in [2.75, 3.05) is 17.2 Å². The SMILES string of the molecule is Cc1ccc(N=Nc2c(N)nc(N)nc2N)cc1. The summed E-state index contributed by atoms with van der Waals surface area (Å²) in [5.74, 6) is 0.228. The first-order valence-corrected chi connectivity index (χ1v) is 5.23. The number of anilines is 3. The fourth-order valence-electron chi connectivity index (χ4n) is 1.33. The van der Waals surface area contributed by atoms with E-state index in [4.69, 9.17) is 17.2 Å². The summed E-state index contributed by atoms with van der Waals surface area (Å²) in [5.41, 5.74) is 18.7. The molecule has 7 nitrogen and oxygen atoms in total. The summed E-state index contributed by atoms with van der Waals surface area (Å²) in [6.07, 6.45) is 0. The molecular formula is C11H13N7. The Morgan fingerprint density at radius 3 is 2.00 bits per heavy atom. The number of aromatic nitrogens is 2. The van der Waals surface area contributed by atoms with E-state index in [9.17, 15) is 0 Å². The van der Waals surface area contributed by atoms with E-state index in [0.29, 0.717) is 5.69 Å². The van der Waals surface area contributed by atoms with Crippen molar-refractivity contribution in [2.24, 2.45) is 10.2 Å². The molecule has 1 aromatic heterocycles. The van der Waals surface area contributed by atoms with Crippen LogP contribution in [0.15, 0.2) is 34.5 Å². The number of benzene rings is 1. The minimum absolute atomic E-state index is 0.0132. The molecule has 0 saturated heterocycles. The lowest BCUT2D eigenvalue weighted by Gasteiger charge is -2.02. The smallest absolute Gasteiger partial charge is 0.224 e. The van der Waals surface area contributed by atoms with Gasteiger partial charge in [-0.05, 0) is 19.1 Å². The lowest BCUT2D eigenvalue weighted by atomic mass is 10.2. The van der Waals surface area contributed by atoms with Gasteiger partial charge in [-0.1, -0.05) is 17.7 Å². The maximum absolute atomic E-state index is 5.65.